The molecule has 2 nitrogen and oxygen atoms in total. The Balaban J connectivity index is 3.18. The highest BCUT2D eigenvalue weighted by molar-refractivity contribution is 4.74. The maximum atomic E-state index is 9.14. The first-order valence-electron chi connectivity index (χ1n) is 4.21. The van der Waals surface area contributed by atoms with Crippen molar-refractivity contribution >= 4 is 0 Å². The zero-order chi connectivity index (χ0) is 8.69. The van der Waals surface area contributed by atoms with Crippen molar-refractivity contribution in [3.05, 3.63) is 0 Å². The molecule has 0 aliphatic rings. The van der Waals surface area contributed by atoms with Gasteiger partial charge in [-0.1, -0.05) is 26.7 Å². The average molecular weight is 155 g/mol. The minimum atomic E-state index is -0.404. The molecule has 0 spiro atoms. The van der Waals surface area contributed by atoms with Crippen LogP contribution >= 0.6 is 0 Å². The number of hydrogen-bond donors (Lipinski definition) is 1. The van der Waals surface area contributed by atoms with E-state index in [0.29, 0.717) is 5.92 Å². The Hall–Kier alpha value is -0.550. The second-order valence-electron chi connectivity index (χ2n) is 3.34. The second-order valence-corrected chi connectivity index (χ2v) is 3.34. The van der Waals surface area contributed by atoms with Gasteiger partial charge in [-0.15, -0.1) is 0 Å². The summed E-state index contributed by atoms with van der Waals surface area (Å²) in [6.45, 7) is 4.33. The lowest BCUT2D eigenvalue weighted by molar-refractivity contribution is 0.164. The predicted octanol–water partition coefficient (Wildman–Crippen LogP) is 2.09. The standard InChI is InChI=1S/C9H17NO/c1-8(2)4-3-5-9(11)6-7-10/h8-9,11H,3-6H2,1-2H3. The summed E-state index contributed by atoms with van der Waals surface area (Å²) in [6, 6.07) is 1.96. The van der Waals surface area contributed by atoms with Crippen molar-refractivity contribution in [3.8, 4) is 6.07 Å². The number of nitrogens with zero attached hydrogens (tertiary/aromatic N) is 1. The van der Waals surface area contributed by atoms with E-state index in [4.69, 9.17) is 10.4 Å². The SMILES string of the molecule is CC(C)CCCC(O)CC#N. The van der Waals surface area contributed by atoms with Gasteiger partial charge in [0.25, 0.3) is 0 Å². The Morgan fingerprint density at radius 2 is 2.00 bits per heavy atom. The molecule has 0 aromatic rings. The highest BCUT2D eigenvalue weighted by Gasteiger charge is 2.02. The van der Waals surface area contributed by atoms with Crippen molar-refractivity contribution in [1.29, 1.82) is 5.26 Å². The van der Waals surface area contributed by atoms with Gasteiger partial charge < -0.3 is 5.11 Å². The van der Waals surface area contributed by atoms with Gasteiger partial charge in [0.2, 0.25) is 0 Å². The number of aliphatic hydroxyl groups excluding tert-OH is 1. The largest absolute Gasteiger partial charge is 0.392 e. The summed E-state index contributed by atoms with van der Waals surface area (Å²) in [5.41, 5.74) is 0. The topological polar surface area (TPSA) is 44.0 Å². The summed E-state index contributed by atoms with van der Waals surface area (Å²) in [5, 5.41) is 17.4. The molecule has 0 saturated heterocycles. The Bertz CT molecular complexity index is 126. The van der Waals surface area contributed by atoms with Crippen molar-refractivity contribution in [1.82, 2.24) is 0 Å². The van der Waals surface area contributed by atoms with Crippen LogP contribution in [0.4, 0.5) is 0 Å². The van der Waals surface area contributed by atoms with E-state index in [-0.39, 0.29) is 6.42 Å². The molecular weight excluding hydrogens is 138 g/mol. The van der Waals surface area contributed by atoms with Gasteiger partial charge in [0.15, 0.2) is 0 Å². The highest BCUT2D eigenvalue weighted by atomic mass is 16.3. The van der Waals surface area contributed by atoms with Gasteiger partial charge in [-0.3, -0.25) is 0 Å². The molecule has 1 atom stereocenters. The van der Waals surface area contributed by atoms with Gasteiger partial charge in [0, 0.05) is 0 Å². The Labute approximate surface area is 68.8 Å². The summed E-state index contributed by atoms with van der Waals surface area (Å²) in [4.78, 5) is 0. The van der Waals surface area contributed by atoms with Gasteiger partial charge in [0.1, 0.15) is 0 Å². The average Bonchev–Trinajstić information content (AvgIpc) is 1.87. The molecule has 0 saturated carbocycles. The smallest absolute Gasteiger partial charge is 0.0670 e. The molecule has 0 fully saturated rings. The molecule has 0 aromatic heterocycles. The van der Waals surface area contributed by atoms with E-state index in [2.05, 4.69) is 13.8 Å². The first-order chi connectivity index (χ1) is 5.16. The van der Waals surface area contributed by atoms with E-state index >= 15 is 0 Å². The van der Waals surface area contributed by atoms with Gasteiger partial charge in [-0.05, 0) is 12.3 Å². The van der Waals surface area contributed by atoms with Crippen LogP contribution in [0.2, 0.25) is 0 Å². The van der Waals surface area contributed by atoms with Gasteiger partial charge >= 0.3 is 0 Å². The van der Waals surface area contributed by atoms with Crippen LogP contribution in [0.15, 0.2) is 0 Å². The zero-order valence-electron chi connectivity index (χ0n) is 7.38. The third-order valence-corrected chi connectivity index (χ3v) is 1.65. The zero-order valence-corrected chi connectivity index (χ0v) is 7.38. The van der Waals surface area contributed by atoms with Crippen LogP contribution in [0, 0.1) is 17.2 Å². The van der Waals surface area contributed by atoms with E-state index in [9.17, 15) is 0 Å². The first kappa shape index (κ1) is 10.4. The molecule has 1 unspecified atom stereocenters. The van der Waals surface area contributed by atoms with Gasteiger partial charge in [-0.2, -0.15) is 5.26 Å². The summed E-state index contributed by atoms with van der Waals surface area (Å²) >= 11 is 0. The molecule has 2 heteroatoms. The number of hydrogen-bond acceptors (Lipinski definition) is 2. The van der Waals surface area contributed by atoms with E-state index < -0.39 is 6.10 Å². The minimum absolute atomic E-state index is 0.276. The van der Waals surface area contributed by atoms with Crippen LogP contribution in [0.25, 0.3) is 0 Å². The molecule has 0 radical (unpaired) electrons. The summed E-state index contributed by atoms with van der Waals surface area (Å²) in [7, 11) is 0. The molecule has 0 bridgehead atoms. The maximum Gasteiger partial charge on any atom is 0.0670 e. The van der Waals surface area contributed by atoms with Crippen molar-refractivity contribution in [3.63, 3.8) is 0 Å². The van der Waals surface area contributed by atoms with Crippen LogP contribution < -0.4 is 0 Å². The fourth-order valence-corrected chi connectivity index (χ4v) is 0.969. The predicted molar refractivity (Wildman–Crippen MR) is 44.9 cm³/mol. The first-order valence-corrected chi connectivity index (χ1v) is 4.21. The van der Waals surface area contributed by atoms with Crippen LogP contribution in [0.1, 0.15) is 39.5 Å². The molecule has 0 aliphatic carbocycles. The molecule has 0 aromatic carbocycles. The summed E-state index contributed by atoms with van der Waals surface area (Å²) in [5.74, 6) is 0.698. The molecule has 0 aliphatic heterocycles. The number of nitriles is 1. The third kappa shape index (κ3) is 7.35. The molecule has 0 rings (SSSR count). The fraction of sp³-hybridized carbons (Fsp3) is 0.889. The van der Waals surface area contributed by atoms with E-state index in [1.807, 2.05) is 6.07 Å². The lowest BCUT2D eigenvalue weighted by atomic mass is 10.0. The number of aliphatic hydroxyl groups is 1. The van der Waals surface area contributed by atoms with Crippen molar-refractivity contribution < 1.29 is 5.11 Å². The summed E-state index contributed by atoms with van der Waals surface area (Å²) in [6.07, 6.45) is 2.81. The van der Waals surface area contributed by atoms with Crippen molar-refractivity contribution in [2.45, 2.75) is 45.6 Å². The van der Waals surface area contributed by atoms with E-state index in [0.717, 1.165) is 19.3 Å². The molecule has 0 amide bonds. The quantitative estimate of drug-likeness (QED) is 0.660. The number of rotatable bonds is 5. The van der Waals surface area contributed by atoms with Crippen LogP contribution in [-0.4, -0.2) is 11.2 Å². The van der Waals surface area contributed by atoms with Gasteiger partial charge in [0.05, 0.1) is 18.6 Å². The minimum Gasteiger partial charge on any atom is -0.392 e. The normalized spacial score (nSPS) is 13.0. The summed E-state index contributed by atoms with van der Waals surface area (Å²) < 4.78 is 0. The van der Waals surface area contributed by atoms with Crippen LogP contribution in [0.5, 0.6) is 0 Å². The maximum absolute atomic E-state index is 9.14. The Morgan fingerprint density at radius 1 is 1.36 bits per heavy atom. The highest BCUT2D eigenvalue weighted by Crippen LogP contribution is 2.09. The van der Waals surface area contributed by atoms with Crippen molar-refractivity contribution in [2.24, 2.45) is 5.92 Å². The lowest BCUT2D eigenvalue weighted by Gasteiger charge is -2.07. The third-order valence-electron chi connectivity index (χ3n) is 1.65. The fourth-order valence-electron chi connectivity index (χ4n) is 0.969. The van der Waals surface area contributed by atoms with Gasteiger partial charge in [-0.25, -0.2) is 0 Å². The second kappa shape index (κ2) is 6.18. The Morgan fingerprint density at radius 3 is 2.45 bits per heavy atom. The van der Waals surface area contributed by atoms with Crippen molar-refractivity contribution in [2.75, 3.05) is 0 Å². The molecular formula is C9H17NO. The van der Waals surface area contributed by atoms with Crippen LogP contribution in [0.3, 0.4) is 0 Å². The molecule has 0 heterocycles. The van der Waals surface area contributed by atoms with Crippen LogP contribution in [-0.2, 0) is 0 Å². The molecule has 11 heavy (non-hydrogen) atoms. The molecule has 64 valence electrons. The van der Waals surface area contributed by atoms with E-state index in [1.165, 1.54) is 0 Å². The van der Waals surface area contributed by atoms with E-state index in [1.54, 1.807) is 0 Å². The molecule has 1 N–H and O–H groups in total. The monoisotopic (exact) mass is 155 g/mol. The lowest BCUT2D eigenvalue weighted by Crippen LogP contribution is -2.05. The Kier molecular flexibility index (Phi) is 5.87.